The second-order valence-corrected chi connectivity index (χ2v) is 16.2. The van der Waals surface area contributed by atoms with E-state index in [2.05, 4.69) is 34.9 Å². The van der Waals surface area contributed by atoms with Gasteiger partial charge in [0.15, 0.2) is 32.7 Å². The molecule has 6 aliphatic rings. The van der Waals surface area contributed by atoms with Crippen LogP contribution in [0.25, 0.3) is 9.69 Å². The van der Waals surface area contributed by atoms with Crippen molar-refractivity contribution in [3.8, 4) is 23.0 Å². The number of carbonyl (C=O) groups is 4. The number of carbonyl (C=O) groups excluding carboxylic acids is 4. The highest BCUT2D eigenvalue weighted by Crippen LogP contribution is 2.58. The smallest absolute Gasteiger partial charge is 0.260 e. The first-order chi connectivity index (χ1) is 24.4. The van der Waals surface area contributed by atoms with Gasteiger partial charge in [0.05, 0.1) is 12.8 Å². The predicted molar refractivity (Wildman–Crippen MR) is 191 cm³/mol. The van der Waals surface area contributed by atoms with Crippen LogP contribution in [0.15, 0.2) is 36.4 Å². The number of piperazine rings is 2. The molecule has 16 heteroatoms. The molecule has 0 unspecified atom stereocenters. The van der Waals surface area contributed by atoms with E-state index in [0.717, 1.165) is 5.56 Å². The van der Waals surface area contributed by atoms with E-state index in [0.29, 0.717) is 35.0 Å². The first kappa shape index (κ1) is 35.6. The monoisotopic (exact) mass is 746 g/mol. The zero-order chi connectivity index (χ0) is 37.7. The number of likely N-dealkylation sites (N-methyl/N-ethyl adjacent to an activating group) is 2. The summed E-state index contributed by atoms with van der Waals surface area (Å²) in [6.07, 6.45) is 0.446. The first-order valence-electron chi connectivity index (χ1n) is 16.7. The van der Waals surface area contributed by atoms with Crippen LogP contribution in [0.4, 0.5) is 0 Å². The van der Waals surface area contributed by atoms with Gasteiger partial charge in [-0.15, -0.1) is 25.3 Å². The maximum atomic E-state index is 13.4. The Morgan fingerprint density at radius 2 is 1.27 bits per heavy atom. The van der Waals surface area contributed by atoms with Crippen LogP contribution >= 0.6 is 25.3 Å². The average Bonchev–Trinajstić information content (AvgIpc) is 3.91. The van der Waals surface area contributed by atoms with Crippen molar-refractivity contribution in [3.63, 3.8) is 0 Å². The van der Waals surface area contributed by atoms with Gasteiger partial charge in [0.25, 0.3) is 22.9 Å². The summed E-state index contributed by atoms with van der Waals surface area (Å²) >= 11 is 9.09. The molecule has 6 heterocycles. The Labute approximate surface area is 312 Å². The normalized spacial score (nSPS) is 35.5. The maximum Gasteiger partial charge on any atom is 0.260 e. The molecule has 0 aromatic heterocycles. The highest BCUT2D eigenvalue weighted by molar-refractivity contribution is 7.83. The SMILES string of the molecule is [C-]#[N+][C@]1(C)C[C@@H]2C(=O)N(C)[C@@H](C)C(=O)N2[C@@H]1c1ccc2c(c1)OCO2.[C-]#[N+][C@]1(C)C[C@]2(S)C(=O)N(C)[C@@](C)(S)C(=O)N2[C@@H]1c1ccc2c(c1)OCO2. The summed E-state index contributed by atoms with van der Waals surface area (Å²) in [5.74, 6) is 1.48. The second-order valence-electron chi connectivity index (χ2n) is 14.6. The number of fused-ring (bicyclic) bond motifs is 4. The van der Waals surface area contributed by atoms with E-state index in [1.165, 1.54) is 21.7 Å². The number of ether oxygens (including phenoxy) is 4. The number of thiol groups is 2. The van der Waals surface area contributed by atoms with Gasteiger partial charge < -0.3 is 48.2 Å². The van der Waals surface area contributed by atoms with Crippen LogP contribution in [0.3, 0.4) is 0 Å². The molecule has 0 saturated carbocycles. The van der Waals surface area contributed by atoms with Crippen LogP contribution in [0.1, 0.15) is 63.7 Å². The minimum absolute atomic E-state index is 0.106. The van der Waals surface area contributed by atoms with Gasteiger partial charge in [0, 0.05) is 27.9 Å². The molecule has 4 amide bonds. The molecular formula is C36H38N6O8S2. The number of rotatable bonds is 2. The Balaban J connectivity index is 0.000000162. The lowest BCUT2D eigenvalue weighted by molar-refractivity contribution is -0.163. The molecule has 2 aromatic rings. The Hall–Kier alpha value is -4.80. The van der Waals surface area contributed by atoms with E-state index in [9.17, 15) is 19.2 Å². The van der Waals surface area contributed by atoms with Crippen LogP contribution < -0.4 is 18.9 Å². The van der Waals surface area contributed by atoms with Gasteiger partial charge in [-0.3, -0.25) is 19.2 Å². The van der Waals surface area contributed by atoms with Crippen molar-refractivity contribution in [2.24, 2.45) is 0 Å². The molecule has 8 atom stereocenters. The molecule has 4 saturated heterocycles. The Bertz CT molecular complexity index is 2020. The van der Waals surface area contributed by atoms with E-state index >= 15 is 0 Å². The molecule has 0 spiro atoms. The Morgan fingerprint density at radius 3 is 1.81 bits per heavy atom. The van der Waals surface area contributed by atoms with Gasteiger partial charge in [0.1, 0.15) is 24.2 Å². The predicted octanol–water partition coefficient (Wildman–Crippen LogP) is 3.71. The van der Waals surface area contributed by atoms with E-state index in [4.69, 9.17) is 32.1 Å². The maximum absolute atomic E-state index is 13.4. The molecule has 6 aliphatic heterocycles. The van der Waals surface area contributed by atoms with Crippen molar-refractivity contribution in [1.82, 2.24) is 19.6 Å². The molecule has 0 bridgehead atoms. The summed E-state index contributed by atoms with van der Waals surface area (Å²) in [5.41, 5.74) is -0.406. The van der Waals surface area contributed by atoms with E-state index in [1.807, 2.05) is 19.1 Å². The molecule has 8 rings (SSSR count). The quantitative estimate of drug-likeness (QED) is 0.352. The summed E-state index contributed by atoms with van der Waals surface area (Å²) in [7, 11) is 3.18. The minimum Gasteiger partial charge on any atom is -0.454 e. The average molecular weight is 747 g/mol. The van der Waals surface area contributed by atoms with Gasteiger partial charge in [-0.1, -0.05) is 12.1 Å². The van der Waals surface area contributed by atoms with Crippen LogP contribution in [0.2, 0.25) is 0 Å². The Morgan fingerprint density at radius 1 is 0.750 bits per heavy atom. The van der Waals surface area contributed by atoms with Crippen molar-refractivity contribution in [2.75, 3.05) is 27.7 Å². The molecule has 0 N–H and O–H groups in total. The van der Waals surface area contributed by atoms with Crippen molar-refractivity contribution < 1.29 is 38.1 Å². The van der Waals surface area contributed by atoms with E-state index in [-0.39, 0.29) is 43.6 Å². The van der Waals surface area contributed by atoms with Crippen molar-refractivity contribution in [1.29, 1.82) is 0 Å². The lowest BCUT2D eigenvalue weighted by Crippen LogP contribution is -2.69. The van der Waals surface area contributed by atoms with Gasteiger partial charge in [-0.25, -0.2) is 13.1 Å². The summed E-state index contributed by atoms with van der Waals surface area (Å²) < 4.78 is 21.6. The van der Waals surface area contributed by atoms with Crippen LogP contribution in [0.5, 0.6) is 23.0 Å². The molecular weight excluding hydrogens is 709 g/mol. The number of nitrogens with zero attached hydrogens (tertiary/aromatic N) is 6. The van der Waals surface area contributed by atoms with Gasteiger partial charge >= 0.3 is 0 Å². The van der Waals surface area contributed by atoms with Gasteiger partial charge in [-0.2, -0.15) is 0 Å². The number of hydrogen-bond acceptors (Lipinski definition) is 10. The molecule has 272 valence electrons. The molecule has 52 heavy (non-hydrogen) atoms. The topological polar surface area (TPSA) is 127 Å². The standard InChI is InChI=1S/C18H19N3O4S2.C18H19N3O4/c1-16(19-3)8-18(27)15(23)20(4)17(2,26)14(22)21(18)13(16)10-5-6-11-12(7-10)25-9-24-11;1-10-16(22)21-12(17(23)20(10)4)8-18(2,19-3)15(21)11-5-6-13-14(7-11)25-9-24-13/h5-7,13,26-27H,8-9H2,1-2,4H3;5-7,10,12,15H,8-9H2,1-2,4H3/t13-,16-,17+,18+;10-,12+,15+,18+/m10/s1. The minimum atomic E-state index is -1.41. The van der Waals surface area contributed by atoms with Crippen LogP contribution in [-0.2, 0) is 19.2 Å². The molecule has 14 nitrogen and oxygen atoms in total. The van der Waals surface area contributed by atoms with Gasteiger partial charge in [-0.05, 0) is 49.2 Å². The summed E-state index contributed by atoms with van der Waals surface area (Å²) in [4.78, 5) is 62.9. The number of benzene rings is 2. The highest BCUT2D eigenvalue weighted by Gasteiger charge is 2.71. The second kappa shape index (κ2) is 11.9. The third kappa shape index (κ3) is 4.90. The molecule has 0 aliphatic carbocycles. The highest BCUT2D eigenvalue weighted by atomic mass is 32.1. The zero-order valence-electron chi connectivity index (χ0n) is 29.4. The summed E-state index contributed by atoms with van der Waals surface area (Å²) in [6.45, 7) is 22.7. The van der Waals surface area contributed by atoms with Crippen molar-refractivity contribution >= 4 is 48.9 Å². The molecule has 2 aromatic carbocycles. The lowest BCUT2D eigenvalue weighted by Gasteiger charge is -2.49. The van der Waals surface area contributed by atoms with E-state index in [1.54, 1.807) is 57.0 Å². The third-order valence-electron chi connectivity index (χ3n) is 11.3. The lowest BCUT2D eigenvalue weighted by atomic mass is 9.87. The fraction of sp³-hybridized carbons (Fsp3) is 0.500. The number of amides is 4. The Kier molecular flexibility index (Phi) is 8.12. The van der Waals surface area contributed by atoms with Crippen LogP contribution in [0, 0.1) is 13.1 Å². The van der Waals surface area contributed by atoms with E-state index < -0.39 is 45.0 Å². The fourth-order valence-corrected chi connectivity index (χ4v) is 9.13. The van der Waals surface area contributed by atoms with Crippen molar-refractivity contribution in [2.45, 2.75) is 85.5 Å². The molecule has 4 fully saturated rings. The van der Waals surface area contributed by atoms with Gasteiger partial charge in [0.2, 0.25) is 25.4 Å². The number of hydrogen-bond donors (Lipinski definition) is 2. The zero-order valence-corrected chi connectivity index (χ0v) is 31.2. The largest absolute Gasteiger partial charge is 0.454 e. The third-order valence-corrected chi connectivity index (χ3v) is 12.4. The fourth-order valence-electron chi connectivity index (χ4n) is 8.25. The summed E-state index contributed by atoms with van der Waals surface area (Å²) in [6, 6.07) is 8.50. The van der Waals surface area contributed by atoms with Crippen molar-refractivity contribution in [3.05, 3.63) is 70.4 Å². The summed E-state index contributed by atoms with van der Waals surface area (Å²) in [5, 5.41) is 0. The van der Waals surface area contributed by atoms with Crippen LogP contribution in [-0.4, -0.2) is 104 Å². The first-order valence-corrected chi connectivity index (χ1v) is 17.5. The molecule has 0 radical (unpaired) electrons.